The number of ether oxygens (including phenoxy) is 1. The van der Waals surface area contributed by atoms with Gasteiger partial charge in [-0.3, -0.25) is 4.79 Å². The van der Waals surface area contributed by atoms with Gasteiger partial charge in [-0.1, -0.05) is 104 Å². The Hall–Kier alpha value is -0.790. The van der Waals surface area contributed by atoms with Crippen molar-refractivity contribution in [1.82, 2.24) is 0 Å². The van der Waals surface area contributed by atoms with Crippen LogP contribution in [0.5, 0.6) is 0 Å². The minimum absolute atomic E-state index is 0.0385. The SMILES string of the molecule is CCCCCCCC/C=C\CCCCCCC(CC)C(=O)OCCCCCC. The average Bonchev–Trinajstić information content (AvgIpc) is 2.70. The molecule has 0 aliphatic rings. The number of allylic oxidation sites excluding steroid dienone is 2. The Labute approximate surface area is 176 Å². The van der Waals surface area contributed by atoms with E-state index in [4.69, 9.17) is 4.74 Å². The minimum atomic E-state index is 0.0385. The van der Waals surface area contributed by atoms with Gasteiger partial charge in [-0.25, -0.2) is 0 Å². The predicted molar refractivity (Wildman–Crippen MR) is 124 cm³/mol. The Kier molecular flexibility index (Phi) is 21.9. The summed E-state index contributed by atoms with van der Waals surface area (Å²) < 4.78 is 5.46. The van der Waals surface area contributed by atoms with Gasteiger partial charge in [0.2, 0.25) is 0 Å². The van der Waals surface area contributed by atoms with Gasteiger partial charge in [-0.2, -0.15) is 0 Å². The lowest BCUT2D eigenvalue weighted by Crippen LogP contribution is -2.17. The summed E-state index contributed by atoms with van der Waals surface area (Å²) in [6, 6.07) is 0. The molecule has 0 aliphatic heterocycles. The summed E-state index contributed by atoms with van der Waals surface area (Å²) in [5.41, 5.74) is 0. The van der Waals surface area contributed by atoms with Crippen molar-refractivity contribution in [3.8, 4) is 0 Å². The minimum Gasteiger partial charge on any atom is -0.465 e. The lowest BCUT2D eigenvalue weighted by Gasteiger charge is -2.14. The Bertz CT molecular complexity index is 348. The third-order valence-corrected chi connectivity index (χ3v) is 5.63. The van der Waals surface area contributed by atoms with E-state index >= 15 is 0 Å². The van der Waals surface area contributed by atoms with E-state index in [0.717, 1.165) is 25.7 Å². The standard InChI is InChI=1S/C26H50O2/c1-4-7-9-11-12-13-14-15-16-17-18-19-20-21-23-25(6-3)26(27)28-24-22-10-8-5-2/h15-16,25H,4-14,17-24H2,1-3H3/b16-15-. The fourth-order valence-electron chi connectivity index (χ4n) is 3.59. The van der Waals surface area contributed by atoms with Gasteiger partial charge in [0, 0.05) is 0 Å². The van der Waals surface area contributed by atoms with Crippen molar-refractivity contribution in [3.63, 3.8) is 0 Å². The normalized spacial score (nSPS) is 12.5. The van der Waals surface area contributed by atoms with Gasteiger partial charge >= 0.3 is 5.97 Å². The van der Waals surface area contributed by atoms with Gasteiger partial charge in [0.15, 0.2) is 0 Å². The Morgan fingerprint density at radius 1 is 0.679 bits per heavy atom. The van der Waals surface area contributed by atoms with Crippen LogP contribution in [0.15, 0.2) is 12.2 Å². The van der Waals surface area contributed by atoms with Crippen LogP contribution in [0.25, 0.3) is 0 Å². The highest BCUT2D eigenvalue weighted by molar-refractivity contribution is 5.72. The number of hydrogen-bond donors (Lipinski definition) is 0. The summed E-state index contributed by atoms with van der Waals surface area (Å²) in [5, 5.41) is 0. The molecule has 0 spiro atoms. The summed E-state index contributed by atoms with van der Waals surface area (Å²) >= 11 is 0. The molecule has 0 aromatic rings. The monoisotopic (exact) mass is 394 g/mol. The molecule has 0 aromatic carbocycles. The van der Waals surface area contributed by atoms with Gasteiger partial charge in [0.1, 0.15) is 0 Å². The van der Waals surface area contributed by atoms with Gasteiger partial charge < -0.3 is 4.74 Å². The second kappa shape index (κ2) is 22.5. The van der Waals surface area contributed by atoms with Gasteiger partial charge in [-0.15, -0.1) is 0 Å². The Balaban J connectivity index is 3.49. The zero-order chi connectivity index (χ0) is 20.7. The first-order valence-corrected chi connectivity index (χ1v) is 12.6. The molecular formula is C26H50O2. The lowest BCUT2D eigenvalue weighted by atomic mass is 9.98. The molecule has 0 bridgehead atoms. The maximum absolute atomic E-state index is 12.1. The molecule has 0 amide bonds. The van der Waals surface area contributed by atoms with Crippen molar-refractivity contribution in [3.05, 3.63) is 12.2 Å². The van der Waals surface area contributed by atoms with Crippen molar-refractivity contribution in [2.75, 3.05) is 6.61 Å². The third-order valence-electron chi connectivity index (χ3n) is 5.63. The number of rotatable bonds is 21. The van der Waals surface area contributed by atoms with Crippen LogP contribution in [-0.2, 0) is 9.53 Å². The van der Waals surface area contributed by atoms with E-state index in [0.29, 0.717) is 6.61 Å². The molecule has 28 heavy (non-hydrogen) atoms. The number of esters is 1. The predicted octanol–water partition coefficient (Wildman–Crippen LogP) is 8.78. The molecular weight excluding hydrogens is 344 g/mol. The molecule has 0 N–H and O–H groups in total. The van der Waals surface area contributed by atoms with E-state index in [1.54, 1.807) is 0 Å². The van der Waals surface area contributed by atoms with Crippen molar-refractivity contribution in [2.24, 2.45) is 5.92 Å². The van der Waals surface area contributed by atoms with E-state index in [1.165, 1.54) is 89.9 Å². The van der Waals surface area contributed by atoms with Crippen LogP contribution < -0.4 is 0 Å². The first kappa shape index (κ1) is 27.2. The summed E-state index contributed by atoms with van der Waals surface area (Å²) in [6.07, 6.45) is 27.0. The molecule has 2 nitrogen and oxygen atoms in total. The fraction of sp³-hybridized carbons (Fsp3) is 0.885. The second-order valence-electron chi connectivity index (χ2n) is 8.35. The summed E-state index contributed by atoms with van der Waals surface area (Å²) in [7, 11) is 0. The molecule has 0 aromatic heterocycles. The molecule has 0 aliphatic carbocycles. The molecule has 2 heteroatoms. The molecule has 0 fully saturated rings. The van der Waals surface area contributed by atoms with Crippen molar-refractivity contribution >= 4 is 5.97 Å². The van der Waals surface area contributed by atoms with Crippen LogP contribution in [-0.4, -0.2) is 12.6 Å². The molecule has 0 rings (SSSR count). The first-order valence-electron chi connectivity index (χ1n) is 12.6. The number of unbranched alkanes of at least 4 members (excludes halogenated alkanes) is 13. The number of carbonyl (C=O) groups is 1. The van der Waals surface area contributed by atoms with Crippen molar-refractivity contribution < 1.29 is 9.53 Å². The van der Waals surface area contributed by atoms with E-state index in [2.05, 4.69) is 32.9 Å². The van der Waals surface area contributed by atoms with Crippen molar-refractivity contribution in [1.29, 1.82) is 0 Å². The molecule has 1 atom stereocenters. The zero-order valence-electron chi connectivity index (χ0n) is 19.5. The smallest absolute Gasteiger partial charge is 0.308 e. The summed E-state index contributed by atoms with van der Waals surface area (Å²) in [4.78, 5) is 12.1. The maximum atomic E-state index is 12.1. The van der Waals surface area contributed by atoms with Gasteiger partial charge in [0.25, 0.3) is 0 Å². The quantitative estimate of drug-likeness (QED) is 0.110. The van der Waals surface area contributed by atoms with E-state index in [-0.39, 0.29) is 11.9 Å². The lowest BCUT2D eigenvalue weighted by molar-refractivity contribution is -0.149. The highest BCUT2D eigenvalue weighted by atomic mass is 16.5. The second-order valence-corrected chi connectivity index (χ2v) is 8.35. The molecule has 0 radical (unpaired) electrons. The van der Waals surface area contributed by atoms with Crippen LogP contribution in [0.1, 0.15) is 136 Å². The third kappa shape index (κ3) is 18.6. The average molecular weight is 395 g/mol. The molecule has 166 valence electrons. The van der Waals surface area contributed by atoms with E-state index in [9.17, 15) is 4.79 Å². The fourth-order valence-corrected chi connectivity index (χ4v) is 3.59. The molecule has 1 unspecified atom stereocenters. The molecule has 0 heterocycles. The maximum Gasteiger partial charge on any atom is 0.308 e. The van der Waals surface area contributed by atoms with Gasteiger partial charge in [0.05, 0.1) is 12.5 Å². The van der Waals surface area contributed by atoms with Crippen LogP contribution >= 0.6 is 0 Å². The Morgan fingerprint density at radius 3 is 1.75 bits per heavy atom. The van der Waals surface area contributed by atoms with E-state index < -0.39 is 0 Å². The largest absolute Gasteiger partial charge is 0.465 e. The Morgan fingerprint density at radius 2 is 1.18 bits per heavy atom. The topological polar surface area (TPSA) is 26.3 Å². The number of hydrogen-bond acceptors (Lipinski definition) is 2. The van der Waals surface area contributed by atoms with Gasteiger partial charge in [-0.05, 0) is 44.9 Å². The van der Waals surface area contributed by atoms with E-state index in [1.807, 2.05) is 0 Å². The molecule has 0 saturated heterocycles. The highest BCUT2D eigenvalue weighted by Crippen LogP contribution is 2.17. The number of carbonyl (C=O) groups excluding carboxylic acids is 1. The van der Waals surface area contributed by atoms with Crippen LogP contribution in [0, 0.1) is 5.92 Å². The highest BCUT2D eigenvalue weighted by Gasteiger charge is 2.17. The molecule has 0 saturated carbocycles. The zero-order valence-corrected chi connectivity index (χ0v) is 19.5. The summed E-state index contributed by atoms with van der Waals surface area (Å²) in [6.45, 7) is 7.19. The van der Waals surface area contributed by atoms with Crippen LogP contribution in [0.2, 0.25) is 0 Å². The first-order chi connectivity index (χ1) is 13.8. The van der Waals surface area contributed by atoms with Crippen LogP contribution in [0.4, 0.5) is 0 Å². The van der Waals surface area contributed by atoms with Crippen LogP contribution in [0.3, 0.4) is 0 Å². The summed E-state index contributed by atoms with van der Waals surface area (Å²) in [5.74, 6) is 0.153. The van der Waals surface area contributed by atoms with Crippen molar-refractivity contribution in [2.45, 2.75) is 136 Å².